The van der Waals surface area contributed by atoms with E-state index in [2.05, 4.69) is 25.5 Å². The van der Waals surface area contributed by atoms with Gasteiger partial charge in [-0.25, -0.2) is 9.67 Å². The largest absolute Gasteiger partial charge is 0.380 e. The number of pyridine rings is 1. The van der Waals surface area contributed by atoms with Crippen LogP contribution in [0.2, 0.25) is 0 Å². The third-order valence-electron chi connectivity index (χ3n) is 4.19. The Labute approximate surface area is 166 Å². The van der Waals surface area contributed by atoms with E-state index in [0.29, 0.717) is 28.8 Å². The number of nitrogens with zero attached hydrogens (tertiary/aromatic N) is 5. The van der Waals surface area contributed by atoms with Crippen molar-refractivity contribution in [3.8, 4) is 22.9 Å². The molecule has 0 aliphatic heterocycles. The van der Waals surface area contributed by atoms with Crippen LogP contribution in [0.5, 0.6) is 5.75 Å². The van der Waals surface area contributed by atoms with Crippen molar-refractivity contribution in [2.75, 3.05) is 0 Å². The monoisotopic (exact) mass is 406 g/mol. The lowest BCUT2D eigenvalue weighted by atomic mass is 9.98. The number of rotatable bonds is 5. The Balaban J connectivity index is 1.68. The normalized spacial score (nSPS) is 11.3. The van der Waals surface area contributed by atoms with Crippen molar-refractivity contribution < 1.29 is 12.6 Å². The Kier molecular flexibility index (Phi) is 4.67. The molecule has 0 aliphatic rings. The second-order valence-corrected chi connectivity index (χ2v) is 7.34. The second-order valence-electron chi connectivity index (χ2n) is 6.19. The van der Waals surface area contributed by atoms with Crippen molar-refractivity contribution >= 4 is 21.5 Å². The molecule has 0 atom stereocenters. The first-order chi connectivity index (χ1) is 13.9. The van der Waals surface area contributed by atoms with E-state index < -0.39 is 10.3 Å². The van der Waals surface area contributed by atoms with Crippen LogP contribution in [0, 0.1) is 11.3 Å². The fourth-order valence-electron chi connectivity index (χ4n) is 2.94. The number of benzene rings is 2. The molecule has 2 N–H and O–H groups in total. The molecule has 2 aromatic heterocycles. The third kappa shape index (κ3) is 4.06. The highest BCUT2D eigenvalue weighted by Crippen LogP contribution is 2.27. The van der Waals surface area contributed by atoms with Gasteiger partial charge in [0.1, 0.15) is 11.3 Å². The number of aromatic nitrogens is 4. The van der Waals surface area contributed by atoms with Crippen LogP contribution in [-0.2, 0) is 16.8 Å². The summed E-state index contributed by atoms with van der Waals surface area (Å²) in [6, 6.07) is 17.5. The van der Waals surface area contributed by atoms with E-state index in [0.717, 1.165) is 11.1 Å². The summed E-state index contributed by atoms with van der Waals surface area (Å²) >= 11 is 0. The van der Waals surface area contributed by atoms with Gasteiger partial charge in [0.2, 0.25) is 0 Å². The molecule has 0 spiro atoms. The highest BCUT2D eigenvalue weighted by molar-refractivity contribution is 7.84. The summed E-state index contributed by atoms with van der Waals surface area (Å²) in [6.07, 6.45) is 1.68. The van der Waals surface area contributed by atoms with E-state index >= 15 is 0 Å². The van der Waals surface area contributed by atoms with Gasteiger partial charge in [-0.05, 0) is 53.1 Å². The molecule has 0 radical (unpaired) electrons. The predicted molar refractivity (Wildman–Crippen MR) is 105 cm³/mol. The molecule has 10 heteroatoms. The van der Waals surface area contributed by atoms with E-state index in [4.69, 9.17) is 5.14 Å². The maximum Gasteiger partial charge on any atom is 0.380 e. The molecule has 0 fully saturated rings. The lowest BCUT2D eigenvalue weighted by Gasteiger charge is -2.09. The zero-order chi connectivity index (χ0) is 20.4. The minimum absolute atomic E-state index is 0.0890. The number of nitriles is 1. The van der Waals surface area contributed by atoms with Crippen LogP contribution in [0.1, 0.15) is 11.1 Å². The van der Waals surface area contributed by atoms with Crippen LogP contribution in [-0.4, -0.2) is 28.4 Å². The maximum atomic E-state index is 11.0. The van der Waals surface area contributed by atoms with Crippen LogP contribution >= 0.6 is 0 Å². The Bertz CT molecular complexity index is 1340. The fraction of sp³-hybridized carbons (Fsp3) is 0.0526. The van der Waals surface area contributed by atoms with E-state index in [-0.39, 0.29) is 5.75 Å². The summed E-state index contributed by atoms with van der Waals surface area (Å²) in [5.74, 6) is 0.0890. The van der Waals surface area contributed by atoms with Crippen molar-refractivity contribution in [1.82, 2.24) is 20.0 Å². The van der Waals surface area contributed by atoms with Crippen LogP contribution in [0.15, 0.2) is 60.8 Å². The van der Waals surface area contributed by atoms with Crippen molar-refractivity contribution in [3.05, 3.63) is 71.9 Å². The maximum absolute atomic E-state index is 11.0. The predicted octanol–water partition coefficient (Wildman–Crippen LogP) is 2.00. The smallest absolute Gasteiger partial charge is 0.371 e. The molecule has 0 bridgehead atoms. The Morgan fingerprint density at radius 2 is 1.93 bits per heavy atom. The molecule has 0 aliphatic carbocycles. The van der Waals surface area contributed by atoms with E-state index in [9.17, 15) is 13.7 Å². The Hall–Kier alpha value is -3.81. The van der Waals surface area contributed by atoms with Crippen LogP contribution in [0.25, 0.3) is 22.3 Å². The standard InChI is InChI=1S/C19H14N6O3S/c20-11-15-4-3-13(12-25-19-18(23-24-25)2-1-9-22-19)10-17(15)14-5-7-16(8-6-14)28-29(21,26)27/h1-10H,12H2,(H2,21,26,27). The first-order valence-electron chi connectivity index (χ1n) is 8.43. The summed E-state index contributed by atoms with van der Waals surface area (Å²) < 4.78 is 28.4. The van der Waals surface area contributed by atoms with Gasteiger partial charge in [-0.3, -0.25) is 0 Å². The number of hydrogen-bond donors (Lipinski definition) is 1. The average molecular weight is 406 g/mol. The molecule has 4 aromatic rings. The van der Waals surface area contributed by atoms with Crippen molar-refractivity contribution in [3.63, 3.8) is 0 Å². The summed E-state index contributed by atoms with van der Waals surface area (Å²) in [5, 5.41) is 22.6. The zero-order valence-corrected chi connectivity index (χ0v) is 15.7. The average Bonchev–Trinajstić information content (AvgIpc) is 3.10. The van der Waals surface area contributed by atoms with Crippen molar-refractivity contribution in [2.24, 2.45) is 5.14 Å². The molecule has 0 unspecified atom stereocenters. The summed E-state index contributed by atoms with van der Waals surface area (Å²) in [6.45, 7) is 0.429. The third-order valence-corrected chi connectivity index (χ3v) is 4.61. The van der Waals surface area contributed by atoms with Gasteiger partial charge in [0.05, 0.1) is 18.2 Å². The number of hydrogen-bond acceptors (Lipinski definition) is 7. The van der Waals surface area contributed by atoms with E-state index in [1.807, 2.05) is 18.2 Å². The summed E-state index contributed by atoms with van der Waals surface area (Å²) in [4.78, 5) is 4.30. The number of nitrogens with two attached hydrogens (primary N) is 1. The molecule has 144 valence electrons. The van der Waals surface area contributed by atoms with Gasteiger partial charge < -0.3 is 4.18 Å². The molecule has 2 heterocycles. The zero-order valence-electron chi connectivity index (χ0n) is 14.9. The van der Waals surface area contributed by atoms with Crippen LogP contribution in [0.4, 0.5) is 0 Å². The molecule has 9 nitrogen and oxygen atoms in total. The topological polar surface area (TPSA) is 137 Å². The lowest BCUT2D eigenvalue weighted by molar-refractivity contribution is 0.488. The molecule has 2 aromatic carbocycles. The minimum Gasteiger partial charge on any atom is -0.371 e. The minimum atomic E-state index is -4.10. The SMILES string of the molecule is N#Cc1ccc(Cn2nnc3cccnc32)cc1-c1ccc(OS(N)(=O)=O)cc1. The number of fused-ring (bicyclic) bond motifs is 1. The summed E-state index contributed by atoms with van der Waals surface area (Å²) in [5.41, 5.74) is 4.18. The van der Waals surface area contributed by atoms with Gasteiger partial charge in [0.15, 0.2) is 5.65 Å². The van der Waals surface area contributed by atoms with Gasteiger partial charge in [0.25, 0.3) is 0 Å². The first kappa shape index (κ1) is 18.5. The van der Waals surface area contributed by atoms with Gasteiger partial charge in [-0.1, -0.05) is 23.4 Å². The van der Waals surface area contributed by atoms with Gasteiger partial charge in [-0.15, -0.1) is 5.10 Å². The highest BCUT2D eigenvalue weighted by Gasteiger charge is 2.11. The highest BCUT2D eigenvalue weighted by atomic mass is 32.2. The van der Waals surface area contributed by atoms with E-state index in [1.165, 1.54) is 12.1 Å². The molecule has 0 saturated carbocycles. The molecule has 4 rings (SSSR count). The molecule has 0 saturated heterocycles. The quantitative estimate of drug-likeness (QED) is 0.535. The van der Waals surface area contributed by atoms with Gasteiger partial charge in [-0.2, -0.15) is 18.8 Å². The molecule has 29 heavy (non-hydrogen) atoms. The molecule has 0 amide bonds. The van der Waals surface area contributed by atoms with Crippen molar-refractivity contribution in [2.45, 2.75) is 6.54 Å². The van der Waals surface area contributed by atoms with Crippen molar-refractivity contribution in [1.29, 1.82) is 5.26 Å². The van der Waals surface area contributed by atoms with Crippen LogP contribution < -0.4 is 9.32 Å². The molecular weight excluding hydrogens is 392 g/mol. The lowest BCUT2D eigenvalue weighted by Crippen LogP contribution is -2.18. The second kappa shape index (κ2) is 7.31. The first-order valence-corrected chi connectivity index (χ1v) is 9.90. The van der Waals surface area contributed by atoms with Gasteiger partial charge in [0, 0.05) is 6.20 Å². The fourth-order valence-corrected chi connectivity index (χ4v) is 3.32. The summed E-state index contributed by atoms with van der Waals surface area (Å²) in [7, 11) is -4.10. The molecular formula is C19H14N6O3S. The van der Waals surface area contributed by atoms with E-state index in [1.54, 1.807) is 35.1 Å². The van der Waals surface area contributed by atoms with Crippen LogP contribution in [0.3, 0.4) is 0 Å². The van der Waals surface area contributed by atoms with Gasteiger partial charge >= 0.3 is 10.3 Å². The Morgan fingerprint density at radius 3 is 2.66 bits per heavy atom. The Morgan fingerprint density at radius 1 is 1.14 bits per heavy atom.